The number of nitrogens with one attached hydrogen (secondary N) is 1. The molecule has 0 fully saturated rings. The zero-order valence-electron chi connectivity index (χ0n) is 11.5. The van der Waals surface area contributed by atoms with Gasteiger partial charge in [-0.05, 0) is 26.3 Å². The third kappa shape index (κ3) is 5.28. The second-order valence-corrected chi connectivity index (χ2v) is 5.29. The Morgan fingerprint density at radius 2 is 1.89 bits per heavy atom. The van der Waals surface area contributed by atoms with Gasteiger partial charge < -0.3 is 20.3 Å². The molecule has 1 aromatic carbocycles. The number of hydrogen-bond donors (Lipinski definition) is 3. The fourth-order valence-electron chi connectivity index (χ4n) is 1.57. The standard InChI is InChI=1S/C14H21NO4/c1-14(2,3)19-13(18)15-11(9-16)12(17)10-7-5-4-6-8-10/h4-8,11-12,16-17H,9H2,1-3H3,(H,15,18)/t11-,12+/m0/s1. The van der Waals surface area contributed by atoms with Crippen LogP contribution in [0.15, 0.2) is 30.3 Å². The van der Waals surface area contributed by atoms with Crippen LogP contribution in [-0.4, -0.2) is 34.6 Å². The summed E-state index contributed by atoms with van der Waals surface area (Å²) in [4.78, 5) is 11.6. The van der Waals surface area contributed by atoms with Gasteiger partial charge in [0.2, 0.25) is 0 Å². The van der Waals surface area contributed by atoms with Crippen LogP contribution in [0.5, 0.6) is 0 Å². The Morgan fingerprint density at radius 1 is 1.32 bits per heavy atom. The zero-order valence-corrected chi connectivity index (χ0v) is 11.5. The van der Waals surface area contributed by atoms with Crippen LogP contribution in [-0.2, 0) is 4.74 Å². The van der Waals surface area contributed by atoms with Crippen LogP contribution in [0.25, 0.3) is 0 Å². The number of ether oxygens (including phenoxy) is 1. The van der Waals surface area contributed by atoms with Gasteiger partial charge in [-0.2, -0.15) is 0 Å². The topological polar surface area (TPSA) is 78.8 Å². The molecule has 0 aliphatic carbocycles. The third-order valence-electron chi connectivity index (χ3n) is 2.42. The van der Waals surface area contributed by atoms with Gasteiger partial charge in [-0.25, -0.2) is 4.79 Å². The van der Waals surface area contributed by atoms with E-state index >= 15 is 0 Å². The number of benzene rings is 1. The van der Waals surface area contributed by atoms with Gasteiger partial charge in [-0.15, -0.1) is 0 Å². The van der Waals surface area contributed by atoms with Crippen LogP contribution < -0.4 is 5.32 Å². The Kier molecular flexibility index (Phi) is 5.32. The van der Waals surface area contributed by atoms with Crippen molar-refractivity contribution in [2.45, 2.75) is 38.5 Å². The SMILES string of the molecule is CC(C)(C)OC(=O)N[C@@H](CO)[C@H](O)c1ccccc1. The van der Waals surface area contributed by atoms with E-state index in [9.17, 15) is 15.0 Å². The molecular weight excluding hydrogens is 246 g/mol. The number of amides is 1. The van der Waals surface area contributed by atoms with Crippen LogP contribution >= 0.6 is 0 Å². The monoisotopic (exact) mass is 267 g/mol. The van der Waals surface area contributed by atoms with Crippen molar-refractivity contribution in [2.75, 3.05) is 6.61 Å². The minimum atomic E-state index is -0.987. The molecule has 0 aliphatic heterocycles. The van der Waals surface area contributed by atoms with Crippen LogP contribution in [0.3, 0.4) is 0 Å². The van der Waals surface area contributed by atoms with Gasteiger partial charge >= 0.3 is 6.09 Å². The number of carbonyl (C=O) groups excluding carboxylic acids is 1. The highest BCUT2D eigenvalue weighted by molar-refractivity contribution is 5.68. The molecule has 2 atom stereocenters. The number of hydrogen-bond acceptors (Lipinski definition) is 4. The first kappa shape index (κ1) is 15.5. The molecule has 1 aromatic rings. The second kappa shape index (κ2) is 6.54. The van der Waals surface area contributed by atoms with E-state index in [-0.39, 0.29) is 6.61 Å². The second-order valence-electron chi connectivity index (χ2n) is 5.29. The maximum Gasteiger partial charge on any atom is 0.408 e. The average Bonchev–Trinajstić information content (AvgIpc) is 2.34. The van der Waals surface area contributed by atoms with Crippen molar-refractivity contribution < 1.29 is 19.7 Å². The molecule has 0 saturated carbocycles. The van der Waals surface area contributed by atoms with Gasteiger partial charge in [0, 0.05) is 0 Å². The van der Waals surface area contributed by atoms with E-state index in [0.29, 0.717) is 5.56 Å². The summed E-state index contributed by atoms with van der Waals surface area (Å²) in [7, 11) is 0. The molecule has 1 amide bonds. The lowest BCUT2D eigenvalue weighted by molar-refractivity contribution is 0.0350. The first-order chi connectivity index (χ1) is 8.83. The molecule has 3 N–H and O–H groups in total. The molecule has 0 aliphatic rings. The van der Waals surface area contributed by atoms with Crippen molar-refractivity contribution in [1.82, 2.24) is 5.32 Å². The summed E-state index contributed by atoms with van der Waals surface area (Å²) in [5, 5.41) is 21.8. The van der Waals surface area contributed by atoms with E-state index in [2.05, 4.69) is 5.32 Å². The van der Waals surface area contributed by atoms with Crippen LogP contribution in [0.4, 0.5) is 4.79 Å². The smallest absolute Gasteiger partial charge is 0.408 e. The first-order valence-electron chi connectivity index (χ1n) is 6.17. The number of carbonyl (C=O) groups is 1. The van der Waals surface area contributed by atoms with E-state index in [1.165, 1.54) is 0 Å². The van der Waals surface area contributed by atoms with Crippen LogP contribution in [0.1, 0.15) is 32.4 Å². The van der Waals surface area contributed by atoms with Crippen molar-refractivity contribution in [1.29, 1.82) is 0 Å². The van der Waals surface area contributed by atoms with E-state index in [0.717, 1.165) is 0 Å². The van der Waals surface area contributed by atoms with Crippen molar-refractivity contribution in [3.63, 3.8) is 0 Å². The van der Waals surface area contributed by atoms with Gasteiger partial charge in [-0.3, -0.25) is 0 Å². The van der Waals surface area contributed by atoms with Crippen molar-refractivity contribution in [2.24, 2.45) is 0 Å². The number of alkyl carbamates (subject to hydrolysis) is 1. The lowest BCUT2D eigenvalue weighted by Gasteiger charge is -2.25. The van der Waals surface area contributed by atoms with Crippen molar-refractivity contribution in [3.8, 4) is 0 Å². The lowest BCUT2D eigenvalue weighted by Crippen LogP contribution is -2.44. The molecule has 0 saturated heterocycles. The average molecular weight is 267 g/mol. The molecule has 0 heterocycles. The lowest BCUT2D eigenvalue weighted by atomic mass is 10.0. The maximum atomic E-state index is 11.6. The zero-order chi connectivity index (χ0) is 14.5. The summed E-state index contributed by atoms with van der Waals surface area (Å²) in [6, 6.07) is 8.03. The number of rotatable bonds is 4. The van der Waals surface area contributed by atoms with Crippen molar-refractivity contribution >= 4 is 6.09 Å². The minimum Gasteiger partial charge on any atom is -0.444 e. The predicted octanol–water partition coefficient (Wildman–Crippen LogP) is 1.61. The molecule has 0 bridgehead atoms. The van der Waals surface area contributed by atoms with E-state index < -0.39 is 23.8 Å². The quantitative estimate of drug-likeness (QED) is 0.774. The Labute approximate surface area is 113 Å². The Bertz CT molecular complexity index is 400. The molecular formula is C14H21NO4. The highest BCUT2D eigenvalue weighted by atomic mass is 16.6. The normalized spacial score (nSPS) is 14.6. The van der Waals surface area contributed by atoms with Gasteiger partial charge in [0.1, 0.15) is 11.7 Å². The summed E-state index contributed by atoms with van der Waals surface area (Å²) in [5.41, 5.74) is -0.000440. The number of aliphatic hydroxyl groups excluding tert-OH is 2. The first-order valence-corrected chi connectivity index (χ1v) is 6.17. The maximum absolute atomic E-state index is 11.6. The molecule has 0 aromatic heterocycles. The van der Waals surface area contributed by atoms with Gasteiger partial charge in [0.15, 0.2) is 0 Å². The largest absolute Gasteiger partial charge is 0.444 e. The predicted molar refractivity (Wildman–Crippen MR) is 71.6 cm³/mol. The van der Waals surface area contributed by atoms with Crippen molar-refractivity contribution in [3.05, 3.63) is 35.9 Å². The summed E-state index contributed by atoms with van der Waals surface area (Å²) in [6.07, 6.45) is -1.65. The summed E-state index contributed by atoms with van der Waals surface area (Å²) in [6.45, 7) is 4.85. The molecule has 19 heavy (non-hydrogen) atoms. The molecule has 5 heteroatoms. The van der Waals surface area contributed by atoms with Gasteiger partial charge in [0.05, 0.1) is 12.6 Å². The molecule has 5 nitrogen and oxygen atoms in total. The molecule has 0 radical (unpaired) electrons. The molecule has 106 valence electrons. The number of aliphatic hydroxyl groups is 2. The van der Waals surface area contributed by atoms with Gasteiger partial charge in [-0.1, -0.05) is 30.3 Å². The fourth-order valence-corrected chi connectivity index (χ4v) is 1.57. The fraction of sp³-hybridized carbons (Fsp3) is 0.500. The van der Waals surface area contributed by atoms with E-state index in [4.69, 9.17) is 4.74 Å². The summed E-state index contributed by atoms with van der Waals surface area (Å²) < 4.78 is 5.08. The Hall–Kier alpha value is -1.59. The third-order valence-corrected chi connectivity index (χ3v) is 2.42. The highest BCUT2D eigenvalue weighted by Gasteiger charge is 2.24. The van der Waals surface area contributed by atoms with Crippen LogP contribution in [0, 0.1) is 0 Å². The van der Waals surface area contributed by atoms with Gasteiger partial charge in [0.25, 0.3) is 0 Å². The molecule has 1 rings (SSSR count). The molecule has 0 spiro atoms. The molecule has 0 unspecified atom stereocenters. The van der Waals surface area contributed by atoms with E-state index in [1.807, 2.05) is 6.07 Å². The minimum absolute atomic E-state index is 0.380. The highest BCUT2D eigenvalue weighted by Crippen LogP contribution is 2.17. The Balaban J connectivity index is 2.66. The summed E-state index contributed by atoms with van der Waals surface area (Å²) in [5.74, 6) is 0. The summed E-state index contributed by atoms with van der Waals surface area (Å²) >= 11 is 0. The Morgan fingerprint density at radius 3 is 2.37 bits per heavy atom. The van der Waals surface area contributed by atoms with Crippen LogP contribution in [0.2, 0.25) is 0 Å². The van der Waals surface area contributed by atoms with E-state index in [1.54, 1.807) is 45.0 Å².